The van der Waals surface area contributed by atoms with Gasteiger partial charge in [0.15, 0.2) is 0 Å². The smallest absolute Gasteiger partial charge is 0.338 e. The quantitative estimate of drug-likeness (QED) is 0.0565. The Morgan fingerprint density at radius 1 is 0.674 bits per heavy atom. The predicted octanol–water partition coefficient (Wildman–Crippen LogP) is 8.11. The van der Waals surface area contributed by atoms with Gasteiger partial charge in [-0.3, -0.25) is 0 Å². The maximum atomic E-state index is 15.4. The van der Waals surface area contributed by atoms with Crippen LogP contribution in [-0.4, -0.2) is 17.9 Å². The molecule has 3 aromatic carbocycles. The summed E-state index contributed by atoms with van der Waals surface area (Å²) in [4.78, 5) is 35.7. The fraction of sp³-hybridized carbons (Fsp3) is 0.132. The van der Waals surface area contributed by atoms with Gasteiger partial charge in [-0.15, -0.1) is 0 Å². The first-order valence-corrected chi connectivity index (χ1v) is 13.9. The van der Waals surface area contributed by atoms with E-state index in [4.69, 9.17) is 18.9 Å². The third-order valence-corrected chi connectivity index (χ3v) is 6.41. The molecule has 0 radical (unpaired) electrons. The molecule has 0 heterocycles. The topological polar surface area (TPSA) is 88.1 Å². The van der Waals surface area contributed by atoms with E-state index < -0.39 is 23.7 Å². The second-order valence-corrected chi connectivity index (χ2v) is 10.3. The number of ether oxygens (including phenoxy) is 4. The molecule has 3 rings (SSSR count). The molecule has 8 heteroatoms. The van der Waals surface area contributed by atoms with Crippen LogP contribution in [0.5, 0.6) is 17.2 Å². The lowest BCUT2D eigenvalue weighted by atomic mass is 9.95. The summed E-state index contributed by atoms with van der Waals surface area (Å²) in [6.45, 7) is 18.9. The molecule has 0 amide bonds. The molecule has 0 bridgehead atoms. The summed E-state index contributed by atoms with van der Waals surface area (Å²) >= 11 is 0. The molecule has 0 aliphatic heterocycles. The van der Waals surface area contributed by atoms with E-state index in [1.165, 1.54) is 32.2 Å². The number of rotatable bonds is 10. The van der Waals surface area contributed by atoms with E-state index in [0.717, 1.165) is 17.4 Å². The lowest BCUT2D eigenvalue weighted by Crippen LogP contribution is -2.10. The molecule has 7 nitrogen and oxygen atoms in total. The minimum Gasteiger partial charge on any atom is -0.462 e. The third-order valence-electron chi connectivity index (χ3n) is 6.41. The van der Waals surface area contributed by atoms with Gasteiger partial charge in [0.1, 0.15) is 35.6 Å². The Morgan fingerprint density at radius 3 is 1.83 bits per heavy atom. The van der Waals surface area contributed by atoms with Crippen LogP contribution < -0.4 is 14.2 Å². The molecule has 0 spiro atoms. The van der Waals surface area contributed by atoms with Crippen molar-refractivity contribution in [3.8, 4) is 29.1 Å². The monoisotopic (exact) mass is 620 g/mol. The second-order valence-electron chi connectivity index (χ2n) is 10.3. The number of esters is 3. The minimum absolute atomic E-state index is 0.0185. The zero-order chi connectivity index (χ0) is 34.0. The number of carbonyl (C=O) groups excluding carboxylic acids is 3. The Bertz CT molecular complexity index is 1830. The van der Waals surface area contributed by atoms with E-state index in [0.29, 0.717) is 28.2 Å². The molecule has 0 saturated carbocycles. The Morgan fingerprint density at radius 2 is 1.24 bits per heavy atom. The van der Waals surface area contributed by atoms with Gasteiger partial charge >= 0.3 is 17.9 Å². The molecule has 3 aromatic rings. The summed E-state index contributed by atoms with van der Waals surface area (Å²) in [5.74, 6) is 4.25. The first kappa shape index (κ1) is 34.5. The first-order chi connectivity index (χ1) is 21.8. The fourth-order valence-corrected chi connectivity index (χ4v) is 3.65. The highest BCUT2D eigenvalue weighted by Crippen LogP contribution is 2.34. The highest BCUT2D eigenvalue weighted by Gasteiger charge is 2.17. The van der Waals surface area contributed by atoms with Crippen molar-refractivity contribution >= 4 is 29.1 Å². The molecular weight excluding hydrogens is 587 g/mol. The molecule has 0 aliphatic rings. The van der Waals surface area contributed by atoms with Crippen LogP contribution in [0.4, 0.5) is 4.39 Å². The zero-order valence-electron chi connectivity index (χ0n) is 26.3. The zero-order valence-corrected chi connectivity index (χ0v) is 26.3. The molecule has 0 N–H and O–H groups in total. The number of hydrogen-bond donors (Lipinski definition) is 0. The van der Waals surface area contributed by atoms with E-state index in [9.17, 15) is 14.4 Å². The number of allylic oxidation sites excluding steroid dienone is 2. The van der Waals surface area contributed by atoms with Crippen molar-refractivity contribution in [2.24, 2.45) is 0 Å². The van der Waals surface area contributed by atoms with Crippen molar-refractivity contribution in [1.29, 1.82) is 0 Å². The van der Waals surface area contributed by atoms with Gasteiger partial charge in [-0.2, -0.15) is 0 Å². The van der Waals surface area contributed by atoms with Crippen molar-refractivity contribution in [1.82, 2.24) is 0 Å². The summed E-state index contributed by atoms with van der Waals surface area (Å²) in [5, 5.41) is 0. The Labute approximate surface area is 267 Å². The summed E-state index contributed by atoms with van der Waals surface area (Å²) in [5.41, 5.74) is 3.86. The van der Waals surface area contributed by atoms with Crippen molar-refractivity contribution in [2.75, 3.05) is 0 Å². The van der Waals surface area contributed by atoms with Crippen LogP contribution in [0.1, 0.15) is 56.9 Å². The van der Waals surface area contributed by atoms with Gasteiger partial charge in [-0.05, 0) is 93.8 Å². The van der Waals surface area contributed by atoms with E-state index in [1.54, 1.807) is 62.4 Å². The Hall–Kier alpha value is -5.94. The van der Waals surface area contributed by atoms with Gasteiger partial charge in [0, 0.05) is 33.9 Å². The normalized spacial score (nSPS) is 11.0. The highest BCUT2D eigenvalue weighted by molar-refractivity contribution is 5.94. The van der Waals surface area contributed by atoms with Crippen LogP contribution >= 0.6 is 0 Å². The van der Waals surface area contributed by atoms with Crippen molar-refractivity contribution < 1.29 is 37.7 Å². The van der Waals surface area contributed by atoms with E-state index in [1.807, 2.05) is 6.92 Å². The van der Waals surface area contributed by atoms with Gasteiger partial charge in [0.05, 0.1) is 5.56 Å². The second kappa shape index (κ2) is 15.7. The lowest BCUT2D eigenvalue weighted by Gasteiger charge is -2.15. The summed E-state index contributed by atoms with van der Waals surface area (Å²) < 4.78 is 36.5. The van der Waals surface area contributed by atoms with Crippen LogP contribution in [0.3, 0.4) is 0 Å². The number of hydrogen-bond acceptors (Lipinski definition) is 7. The number of carbonyl (C=O) groups is 3. The number of halogens is 1. The van der Waals surface area contributed by atoms with Gasteiger partial charge in [0.2, 0.25) is 0 Å². The van der Waals surface area contributed by atoms with Crippen molar-refractivity contribution in [2.45, 2.75) is 34.6 Å². The molecule has 46 heavy (non-hydrogen) atoms. The highest BCUT2D eigenvalue weighted by atomic mass is 19.1. The van der Waals surface area contributed by atoms with Crippen LogP contribution in [0.25, 0.3) is 11.1 Å². The van der Waals surface area contributed by atoms with Crippen molar-refractivity contribution in [3.05, 3.63) is 138 Å². The SMILES string of the molecule is C=C(C)C(=O)OC=COc1ccc(C#Cc2cc(OC(=O)C(=C)C)c(C(C)=C(C)c3ccc(OC(=O)C(=C)C)cc3)cc2F)cc1. The average molecular weight is 621 g/mol. The Balaban J connectivity index is 1.90. The molecular formula is C38H33FO7. The Kier molecular flexibility index (Phi) is 11.8. The largest absolute Gasteiger partial charge is 0.462 e. The molecule has 0 fully saturated rings. The van der Waals surface area contributed by atoms with E-state index in [2.05, 4.69) is 31.6 Å². The third kappa shape index (κ3) is 9.53. The summed E-state index contributed by atoms with van der Waals surface area (Å²) in [6, 6.07) is 16.1. The maximum Gasteiger partial charge on any atom is 0.338 e. The van der Waals surface area contributed by atoms with Crippen LogP contribution in [0, 0.1) is 17.7 Å². The van der Waals surface area contributed by atoms with Crippen LogP contribution in [0.15, 0.2) is 110 Å². The van der Waals surface area contributed by atoms with Gasteiger partial charge < -0.3 is 18.9 Å². The molecule has 0 unspecified atom stereocenters. The predicted molar refractivity (Wildman–Crippen MR) is 175 cm³/mol. The molecule has 0 atom stereocenters. The van der Waals surface area contributed by atoms with Gasteiger partial charge in [-0.1, -0.05) is 43.7 Å². The van der Waals surface area contributed by atoms with Gasteiger partial charge in [-0.25, -0.2) is 18.8 Å². The number of benzene rings is 3. The molecule has 0 saturated heterocycles. The van der Waals surface area contributed by atoms with Gasteiger partial charge in [0.25, 0.3) is 0 Å². The maximum absolute atomic E-state index is 15.4. The summed E-state index contributed by atoms with van der Waals surface area (Å²) in [6.07, 6.45) is 2.31. The van der Waals surface area contributed by atoms with E-state index >= 15 is 4.39 Å². The summed E-state index contributed by atoms with van der Waals surface area (Å²) in [7, 11) is 0. The van der Waals surface area contributed by atoms with Crippen LogP contribution in [0.2, 0.25) is 0 Å². The fourth-order valence-electron chi connectivity index (χ4n) is 3.65. The molecule has 0 aliphatic carbocycles. The first-order valence-electron chi connectivity index (χ1n) is 13.9. The van der Waals surface area contributed by atoms with Crippen molar-refractivity contribution in [3.63, 3.8) is 0 Å². The average Bonchev–Trinajstić information content (AvgIpc) is 3.02. The van der Waals surface area contributed by atoms with Crippen LogP contribution in [-0.2, 0) is 19.1 Å². The lowest BCUT2D eigenvalue weighted by molar-refractivity contribution is -0.133. The molecule has 0 aromatic heterocycles. The standard InChI is InChI=1S/C38H33FO7/c1-23(2)36(40)44-20-19-43-31-15-10-28(11-16-31)9-12-30-21-35(46-38(42)25(5)6)33(22-34(30)39)27(8)26(7)29-13-17-32(18-14-29)45-37(41)24(3)4/h10-11,13-22H,1,3,5H2,2,4,6-8H3. The molecule has 234 valence electrons. The minimum atomic E-state index is -0.667. The van der Waals surface area contributed by atoms with E-state index in [-0.39, 0.29) is 28.0 Å².